The molecule has 0 unspecified atom stereocenters. The van der Waals surface area contributed by atoms with Gasteiger partial charge in [-0.1, -0.05) is 12.5 Å². The number of esters is 1. The Morgan fingerprint density at radius 2 is 2.25 bits per heavy atom. The van der Waals surface area contributed by atoms with Crippen LogP contribution in [0.5, 0.6) is 0 Å². The second-order valence-electron chi connectivity index (χ2n) is 3.90. The Hall–Kier alpha value is -1.58. The Kier molecular flexibility index (Phi) is 4.28. The summed E-state index contributed by atoms with van der Waals surface area (Å²) in [7, 11) is 1.80. The summed E-state index contributed by atoms with van der Waals surface area (Å²) < 4.78 is 6.76. The minimum Gasteiger partial charge on any atom is -0.458 e. The van der Waals surface area contributed by atoms with Gasteiger partial charge in [0.15, 0.2) is 0 Å². The van der Waals surface area contributed by atoms with Crippen LogP contribution in [-0.4, -0.2) is 22.4 Å². The van der Waals surface area contributed by atoms with Gasteiger partial charge in [-0.2, -0.15) is 5.10 Å². The molecule has 0 spiro atoms. The van der Waals surface area contributed by atoms with Crippen LogP contribution in [0.1, 0.15) is 36.8 Å². The third-order valence-electron chi connectivity index (χ3n) is 2.17. The predicted molar refractivity (Wildman–Crippen MR) is 62.3 cm³/mol. The zero-order valence-electron chi connectivity index (χ0n) is 10.3. The monoisotopic (exact) mass is 222 g/mol. The molecule has 0 N–H and O–H groups in total. The lowest BCUT2D eigenvalue weighted by atomic mass is 10.2. The van der Waals surface area contributed by atoms with Crippen LogP contribution in [-0.2, 0) is 18.2 Å². The van der Waals surface area contributed by atoms with Crippen molar-refractivity contribution >= 4 is 5.97 Å². The van der Waals surface area contributed by atoms with Crippen LogP contribution < -0.4 is 0 Å². The fraction of sp³-hybridized carbons (Fsp3) is 0.500. The molecule has 1 aromatic rings. The van der Waals surface area contributed by atoms with Crippen molar-refractivity contribution < 1.29 is 9.53 Å². The molecule has 1 heterocycles. The van der Waals surface area contributed by atoms with E-state index in [1.54, 1.807) is 17.9 Å². The molecule has 0 aliphatic carbocycles. The fourth-order valence-corrected chi connectivity index (χ4v) is 1.33. The number of rotatable bonds is 4. The molecule has 0 saturated carbocycles. The minimum absolute atomic E-state index is 0.303. The Balaban J connectivity index is 2.69. The van der Waals surface area contributed by atoms with E-state index in [-0.39, 0.29) is 5.97 Å². The normalized spacial score (nSPS) is 10.0. The second kappa shape index (κ2) is 5.49. The number of aromatic nitrogens is 2. The van der Waals surface area contributed by atoms with Crippen molar-refractivity contribution in [2.75, 3.05) is 6.61 Å². The van der Waals surface area contributed by atoms with Gasteiger partial charge in [0, 0.05) is 13.2 Å². The molecular formula is C12H18N2O2. The molecule has 0 radical (unpaired) electrons. The predicted octanol–water partition coefficient (Wildman–Crippen LogP) is 2.11. The van der Waals surface area contributed by atoms with Crippen LogP contribution in [0.2, 0.25) is 0 Å². The first-order chi connectivity index (χ1) is 7.54. The summed E-state index contributed by atoms with van der Waals surface area (Å²) in [5.74, 6) is -0.303. The molecule has 88 valence electrons. The number of aryl methyl sites for hydroxylation is 2. The summed E-state index contributed by atoms with van der Waals surface area (Å²) in [6.07, 6.45) is 4.30. The molecule has 0 bridgehead atoms. The molecule has 0 amide bonds. The SMILES string of the molecule is CCc1nn(C)cc1C(=O)OCC=C(C)C. The van der Waals surface area contributed by atoms with Crippen molar-refractivity contribution in [3.8, 4) is 0 Å². The van der Waals surface area contributed by atoms with Crippen molar-refractivity contribution in [1.82, 2.24) is 9.78 Å². The Labute approximate surface area is 95.9 Å². The number of carbonyl (C=O) groups is 1. The highest BCUT2D eigenvalue weighted by Gasteiger charge is 2.14. The summed E-state index contributed by atoms with van der Waals surface area (Å²) in [5, 5.41) is 4.19. The first-order valence-corrected chi connectivity index (χ1v) is 5.37. The highest BCUT2D eigenvalue weighted by atomic mass is 16.5. The van der Waals surface area contributed by atoms with Gasteiger partial charge in [-0.15, -0.1) is 0 Å². The van der Waals surface area contributed by atoms with Crippen molar-refractivity contribution in [1.29, 1.82) is 0 Å². The van der Waals surface area contributed by atoms with Gasteiger partial charge in [-0.3, -0.25) is 4.68 Å². The van der Waals surface area contributed by atoms with Gasteiger partial charge >= 0.3 is 5.97 Å². The smallest absolute Gasteiger partial charge is 0.341 e. The van der Waals surface area contributed by atoms with E-state index in [1.807, 2.05) is 26.8 Å². The summed E-state index contributed by atoms with van der Waals surface area (Å²) >= 11 is 0. The number of ether oxygens (including phenoxy) is 1. The molecule has 0 atom stereocenters. The highest BCUT2D eigenvalue weighted by molar-refractivity contribution is 5.90. The van der Waals surface area contributed by atoms with E-state index in [0.29, 0.717) is 12.2 Å². The standard InChI is InChI=1S/C12H18N2O2/c1-5-11-10(8-14(4)13-11)12(15)16-7-6-9(2)3/h6,8H,5,7H2,1-4H3. The van der Waals surface area contributed by atoms with Crippen LogP contribution in [0.3, 0.4) is 0 Å². The number of hydrogen-bond acceptors (Lipinski definition) is 3. The lowest BCUT2D eigenvalue weighted by Gasteiger charge is -2.01. The molecule has 1 rings (SSSR count). The van der Waals surface area contributed by atoms with Gasteiger partial charge in [0.2, 0.25) is 0 Å². The maximum absolute atomic E-state index is 11.7. The average molecular weight is 222 g/mol. The third-order valence-corrected chi connectivity index (χ3v) is 2.17. The minimum atomic E-state index is -0.303. The molecule has 0 aliphatic heterocycles. The van der Waals surface area contributed by atoms with Gasteiger partial charge in [-0.25, -0.2) is 4.79 Å². The van der Waals surface area contributed by atoms with Crippen molar-refractivity contribution in [2.45, 2.75) is 27.2 Å². The molecule has 4 nitrogen and oxygen atoms in total. The molecule has 0 saturated heterocycles. The van der Waals surface area contributed by atoms with E-state index in [0.717, 1.165) is 17.7 Å². The van der Waals surface area contributed by atoms with E-state index in [9.17, 15) is 4.79 Å². The molecule has 1 aromatic heterocycles. The van der Waals surface area contributed by atoms with E-state index in [1.165, 1.54) is 0 Å². The fourth-order valence-electron chi connectivity index (χ4n) is 1.33. The summed E-state index contributed by atoms with van der Waals surface area (Å²) in [5.41, 5.74) is 2.48. The third kappa shape index (κ3) is 3.22. The summed E-state index contributed by atoms with van der Waals surface area (Å²) in [6, 6.07) is 0. The molecule has 0 fully saturated rings. The lowest BCUT2D eigenvalue weighted by molar-refractivity contribution is 0.0547. The lowest BCUT2D eigenvalue weighted by Crippen LogP contribution is -2.06. The van der Waals surface area contributed by atoms with Gasteiger partial charge in [0.25, 0.3) is 0 Å². The molecule has 16 heavy (non-hydrogen) atoms. The van der Waals surface area contributed by atoms with E-state index in [2.05, 4.69) is 5.10 Å². The zero-order valence-corrected chi connectivity index (χ0v) is 10.3. The maximum Gasteiger partial charge on any atom is 0.341 e. The van der Waals surface area contributed by atoms with Crippen LogP contribution in [0.25, 0.3) is 0 Å². The largest absolute Gasteiger partial charge is 0.458 e. The van der Waals surface area contributed by atoms with Gasteiger partial charge in [0.05, 0.1) is 5.69 Å². The summed E-state index contributed by atoms with van der Waals surface area (Å²) in [6.45, 7) is 6.22. The average Bonchev–Trinajstić information content (AvgIpc) is 2.59. The number of nitrogens with zero attached hydrogens (tertiary/aromatic N) is 2. The Bertz CT molecular complexity index is 401. The molecule has 0 aliphatic rings. The zero-order chi connectivity index (χ0) is 12.1. The quantitative estimate of drug-likeness (QED) is 0.579. The van der Waals surface area contributed by atoms with Crippen LogP contribution >= 0.6 is 0 Å². The summed E-state index contributed by atoms with van der Waals surface area (Å²) in [4.78, 5) is 11.7. The second-order valence-corrected chi connectivity index (χ2v) is 3.90. The van der Waals surface area contributed by atoms with Gasteiger partial charge in [-0.05, 0) is 26.3 Å². The molecular weight excluding hydrogens is 204 g/mol. The highest BCUT2D eigenvalue weighted by Crippen LogP contribution is 2.08. The Morgan fingerprint density at radius 1 is 1.56 bits per heavy atom. The Morgan fingerprint density at radius 3 is 2.81 bits per heavy atom. The molecule has 0 aromatic carbocycles. The van der Waals surface area contributed by atoms with Gasteiger partial charge in [0.1, 0.15) is 12.2 Å². The maximum atomic E-state index is 11.7. The van der Waals surface area contributed by atoms with E-state index in [4.69, 9.17) is 4.74 Å². The first-order valence-electron chi connectivity index (χ1n) is 5.37. The van der Waals surface area contributed by atoms with Crippen molar-refractivity contribution in [3.63, 3.8) is 0 Å². The molecule has 4 heteroatoms. The van der Waals surface area contributed by atoms with Crippen molar-refractivity contribution in [3.05, 3.63) is 29.1 Å². The van der Waals surface area contributed by atoms with Crippen LogP contribution in [0.15, 0.2) is 17.8 Å². The van der Waals surface area contributed by atoms with Gasteiger partial charge < -0.3 is 4.74 Å². The van der Waals surface area contributed by atoms with E-state index < -0.39 is 0 Å². The van der Waals surface area contributed by atoms with E-state index >= 15 is 0 Å². The van der Waals surface area contributed by atoms with Crippen LogP contribution in [0.4, 0.5) is 0 Å². The first kappa shape index (κ1) is 12.5. The number of hydrogen-bond donors (Lipinski definition) is 0. The number of carbonyl (C=O) groups excluding carboxylic acids is 1. The topological polar surface area (TPSA) is 44.1 Å². The van der Waals surface area contributed by atoms with Crippen LogP contribution in [0, 0.1) is 0 Å². The van der Waals surface area contributed by atoms with Crippen molar-refractivity contribution in [2.24, 2.45) is 7.05 Å². The number of allylic oxidation sites excluding steroid dienone is 1.